The fourth-order valence-corrected chi connectivity index (χ4v) is 2.53. The molecule has 3 N–H and O–H groups in total. The Morgan fingerprint density at radius 1 is 1.08 bits per heavy atom. The lowest BCUT2D eigenvalue weighted by Crippen LogP contribution is -2.41. The molecular formula is C18H20BrFN4O. The van der Waals surface area contributed by atoms with Crippen LogP contribution in [-0.4, -0.2) is 32.0 Å². The van der Waals surface area contributed by atoms with Gasteiger partial charge in [0, 0.05) is 42.3 Å². The van der Waals surface area contributed by atoms with Gasteiger partial charge in [-0.2, -0.15) is 0 Å². The molecular weight excluding hydrogens is 387 g/mol. The second-order valence-electron chi connectivity index (χ2n) is 5.21. The molecule has 0 atom stereocenters. The highest BCUT2D eigenvalue weighted by Crippen LogP contribution is 2.11. The Hall–Kier alpha value is -2.41. The zero-order valence-electron chi connectivity index (χ0n) is 13.9. The summed E-state index contributed by atoms with van der Waals surface area (Å²) in [6.07, 6.45) is 0. The smallest absolute Gasteiger partial charge is 0.251 e. The van der Waals surface area contributed by atoms with Crippen LogP contribution in [0.25, 0.3) is 0 Å². The molecule has 0 saturated carbocycles. The molecule has 0 fully saturated rings. The van der Waals surface area contributed by atoms with Gasteiger partial charge in [0.2, 0.25) is 0 Å². The predicted octanol–water partition coefficient (Wildman–Crippen LogP) is 2.68. The van der Waals surface area contributed by atoms with E-state index in [0.29, 0.717) is 36.7 Å². The van der Waals surface area contributed by atoms with Gasteiger partial charge in [-0.15, -0.1) is 0 Å². The van der Waals surface area contributed by atoms with Crippen LogP contribution in [0.1, 0.15) is 15.9 Å². The SMILES string of the molecule is CN=C(NCCNC(=O)c1cccc(Br)c1)NCc1ccccc1F. The zero-order valence-corrected chi connectivity index (χ0v) is 15.4. The average molecular weight is 407 g/mol. The van der Waals surface area contributed by atoms with Crippen LogP contribution < -0.4 is 16.0 Å². The van der Waals surface area contributed by atoms with E-state index in [9.17, 15) is 9.18 Å². The lowest BCUT2D eigenvalue weighted by atomic mass is 10.2. The van der Waals surface area contributed by atoms with Crippen molar-refractivity contribution >= 4 is 27.8 Å². The fourth-order valence-electron chi connectivity index (χ4n) is 2.13. The molecule has 0 unspecified atom stereocenters. The number of carbonyl (C=O) groups excluding carboxylic acids is 1. The van der Waals surface area contributed by atoms with E-state index in [1.165, 1.54) is 6.07 Å². The molecule has 0 aliphatic heterocycles. The van der Waals surface area contributed by atoms with Gasteiger partial charge in [-0.1, -0.05) is 40.2 Å². The molecule has 132 valence electrons. The van der Waals surface area contributed by atoms with E-state index in [4.69, 9.17) is 0 Å². The Morgan fingerprint density at radius 2 is 1.84 bits per heavy atom. The third kappa shape index (κ3) is 6.19. The maximum Gasteiger partial charge on any atom is 0.251 e. The number of halogens is 2. The highest BCUT2D eigenvalue weighted by atomic mass is 79.9. The summed E-state index contributed by atoms with van der Waals surface area (Å²) >= 11 is 3.34. The summed E-state index contributed by atoms with van der Waals surface area (Å²) in [5, 5.41) is 8.93. The lowest BCUT2D eigenvalue weighted by molar-refractivity contribution is 0.0954. The topological polar surface area (TPSA) is 65.5 Å². The maximum absolute atomic E-state index is 13.6. The van der Waals surface area contributed by atoms with Crippen molar-refractivity contribution < 1.29 is 9.18 Å². The first-order valence-corrected chi connectivity index (χ1v) is 8.61. The molecule has 2 aromatic carbocycles. The van der Waals surface area contributed by atoms with Crippen molar-refractivity contribution in [2.24, 2.45) is 4.99 Å². The number of nitrogens with one attached hydrogen (secondary N) is 3. The first-order chi connectivity index (χ1) is 12.1. The lowest BCUT2D eigenvalue weighted by Gasteiger charge is -2.13. The summed E-state index contributed by atoms with van der Waals surface area (Å²) in [5.41, 5.74) is 1.16. The first kappa shape index (κ1) is 18.9. The van der Waals surface area contributed by atoms with Crippen LogP contribution >= 0.6 is 15.9 Å². The van der Waals surface area contributed by atoms with Crippen molar-refractivity contribution in [2.45, 2.75) is 6.54 Å². The summed E-state index contributed by atoms with van der Waals surface area (Å²) in [6, 6.07) is 13.8. The summed E-state index contributed by atoms with van der Waals surface area (Å²) in [6.45, 7) is 1.26. The van der Waals surface area contributed by atoms with Gasteiger partial charge in [0.1, 0.15) is 5.82 Å². The van der Waals surface area contributed by atoms with E-state index in [2.05, 4.69) is 36.9 Å². The number of amides is 1. The summed E-state index contributed by atoms with van der Waals surface area (Å²) in [4.78, 5) is 16.1. The number of guanidine groups is 1. The molecule has 7 heteroatoms. The van der Waals surface area contributed by atoms with Crippen LogP contribution in [0.4, 0.5) is 4.39 Å². The standard InChI is InChI=1S/C18H20BrFN4O/c1-21-18(24-12-14-5-2-3-8-16(14)20)23-10-9-22-17(25)13-6-4-7-15(19)11-13/h2-8,11H,9-10,12H2,1H3,(H,22,25)(H2,21,23,24). The van der Waals surface area contributed by atoms with E-state index in [0.717, 1.165) is 4.47 Å². The number of hydrogen-bond acceptors (Lipinski definition) is 2. The molecule has 0 spiro atoms. The molecule has 25 heavy (non-hydrogen) atoms. The minimum atomic E-state index is -0.258. The monoisotopic (exact) mass is 406 g/mol. The molecule has 2 rings (SSSR count). The molecule has 2 aromatic rings. The normalized spacial score (nSPS) is 11.1. The van der Waals surface area contributed by atoms with Gasteiger partial charge in [0.15, 0.2) is 5.96 Å². The van der Waals surface area contributed by atoms with Crippen LogP contribution in [-0.2, 0) is 6.54 Å². The van der Waals surface area contributed by atoms with Gasteiger partial charge < -0.3 is 16.0 Å². The molecule has 5 nitrogen and oxygen atoms in total. The molecule has 0 radical (unpaired) electrons. The Morgan fingerprint density at radius 3 is 2.56 bits per heavy atom. The molecule has 0 aliphatic carbocycles. The van der Waals surface area contributed by atoms with E-state index >= 15 is 0 Å². The second-order valence-corrected chi connectivity index (χ2v) is 6.13. The van der Waals surface area contributed by atoms with Crippen LogP contribution in [0.2, 0.25) is 0 Å². The van der Waals surface area contributed by atoms with E-state index < -0.39 is 0 Å². The molecule has 0 aromatic heterocycles. The summed E-state index contributed by atoms with van der Waals surface area (Å²) < 4.78 is 14.4. The Balaban J connectivity index is 1.72. The van der Waals surface area contributed by atoms with Crippen LogP contribution in [0, 0.1) is 5.82 Å². The van der Waals surface area contributed by atoms with Gasteiger partial charge in [-0.3, -0.25) is 9.79 Å². The third-order valence-electron chi connectivity index (χ3n) is 3.42. The molecule has 0 aliphatic rings. The first-order valence-electron chi connectivity index (χ1n) is 7.82. The van der Waals surface area contributed by atoms with E-state index in [-0.39, 0.29) is 11.7 Å². The minimum Gasteiger partial charge on any atom is -0.355 e. The number of rotatable bonds is 6. The molecule has 1 amide bonds. The van der Waals surface area contributed by atoms with Gasteiger partial charge in [0.05, 0.1) is 0 Å². The Labute approximate surface area is 154 Å². The maximum atomic E-state index is 13.6. The van der Waals surface area contributed by atoms with Crippen molar-refractivity contribution in [3.63, 3.8) is 0 Å². The second kappa shape index (κ2) is 9.78. The van der Waals surface area contributed by atoms with Crippen LogP contribution in [0.5, 0.6) is 0 Å². The minimum absolute atomic E-state index is 0.141. The van der Waals surface area contributed by atoms with Gasteiger partial charge in [0.25, 0.3) is 5.91 Å². The predicted molar refractivity (Wildman–Crippen MR) is 101 cm³/mol. The van der Waals surface area contributed by atoms with E-state index in [1.54, 1.807) is 37.4 Å². The Bertz CT molecular complexity index is 751. The van der Waals surface area contributed by atoms with Crippen molar-refractivity contribution in [2.75, 3.05) is 20.1 Å². The summed E-state index contributed by atoms with van der Waals surface area (Å²) in [5.74, 6) is 0.143. The largest absolute Gasteiger partial charge is 0.355 e. The van der Waals surface area contributed by atoms with Crippen LogP contribution in [0.15, 0.2) is 58.0 Å². The summed E-state index contributed by atoms with van der Waals surface area (Å²) in [7, 11) is 1.64. The quantitative estimate of drug-likeness (QED) is 0.392. The van der Waals surface area contributed by atoms with Crippen molar-refractivity contribution in [3.05, 3.63) is 69.9 Å². The average Bonchev–Trinajstić information content (AvgIpc) is 2.62. The van der Waals surface area contributed by atoms with Crippen molar-refractivity contribution in [1.29, 1.82) is 0 Å². The zero-order chi connectivity index (χ0) is 18.1. The van der Waals surface area contributed by atoms with Crippen molar-refractivity contribution in [1.82, 2.24) is 16.0 Å². The van der Waals surface area contributed by atoms with Gasteiger partial charge in [-0.25, -0.2) is 4.39 Å². The number of carbonyl (C=O) groups is 1. The van der Waals surface area contributed by atoms with Gasteiger partial charge in [-0.05, 0) is 24.3 Å². The van der Waals surface area contributed by atoms with E-state index in [1.807, 2.05) is 12.1 Å². The Kier molecular flexibility index (Phi) is 7.40. The van der Waals surface area contributed by atoms with Gasteiger partial charge >= 0.3 is 0 Å². The molecule has 0 bridgehead atoms. The highest BCUT2D eigenvalue weighted by molar-refractivity contribution is 9.10. The third-order valence-corrected chi connectivity index (χ3v) is 3.91. The van der Waals surface area contributed by atoms with Crippen LogP contribution in [0.3, 0.4) is 0 Å². The number of benzene rings is 2. The number of hydrogen-bond donors (Lipinski definition) is 3. The molecule has 0 saturated heterocycles. The van der Waals surface area contributed by atoms with Crippen molar-refractivity contribution in [3.8, 4) is 0 Å². The number of nitrogens with zero attached hydrogens (tertiary/aromatic N) is 1. The molecule has 0 heterocycles. The number of aliphatic imine (C=N–C) groups is 1. The fraction of sp³-hybridized carbons (Fsp3) is 0.222. The highest BCUT2D eigenvalue weighted by Gasteiger charge is 2.05.